The van der Waals surface area contributed by atoms with E-state index in [0.717, 1.165) is 26.4 Å². The topological polar surface area (TPSA) is 27.7 Å². The van der Waals surface area contributed by atoms with E-state index >= 15 is 0 Å². The van der Waals surface area contributed by atoms with Gasteiger partial charge in [-0.15, -0.1) is 0 Å². The first kappa shape index (κ1) is 13.5. The Morgan fingerprint density at radius 2 is 1.09 bits per heavy atom. The van der Waals surface area contributed by atoms with Crippen molar-refractivity contribution in [3.05, 3.63) is 0 Å². The molecule has 0 saturated carbocycles. The molecule has 0 rings (SSSR count). The van der Waals surface area contributed by atoms with Crippen molar-refractivity contribution in [2.24, 2.45) is 0 Å². The summed E-state index contributed by atoms with van der Waals surface area (Å²) in [6.07, 6.45) is 0. The number of rotatable bonds is 5. The van der Waals surface area contributed by atoms with Gasteiger partial charge in [-0.3, -0.25) is 0 Å². The van der Waals surface area contributed by atoms with Crippen molar-refractivity contribution in [3.63, 3.8) is 0 Å². The lowest BCUT2D eigenvalue weighted by Crippen LogP contribution is -2.02. The minimum absolute atomic E-state index is 0.727. The third-order valence-electron chi connectivity index (χ3n) is 0.780. The molecule has 0 atom stereocenters. The second kappa shape index (κ2) is 16.5. The molecule has 0 unspecified atom stereocenters. The smallest absolute Gasteiger partial charge is 0.0700 e. The summed E-state index contributed by atoms with van der Waals surface area (Å²) in [6.45, 7) is 6.98. The first-order valence-corrected chi connectivity index (χ1v) is 3.89. The van der Waals surface area contributed by atoms with Crippen LogP contribution in [0.4, 0.5) is 0 Å². The molecule has 0 aliphatic carbocycles. The molecule has 0 spiro atoms. The molecular formula is C8H20O3. The Morgan fingerprint density at radius 3 is 1.27 bits per heavy atom. The van der Waals surface area contributed by atoms with E-state index in [1.807, 2.05) is 13.8 Å². The van der Waals surface area contributed by atoms with Crippen LogP contribution in [0.3, 0.4) is 0 Å². The normalized spacial score (nSPS) is 8.73. The van der Waals surface area contributed by atoms with Crippen LogP contribution < -0.4 is 0 Å². The molecule has 0 fully saturated rings. The van der Waals surface area contributed by atoms with Crippen LogP contribution >= 0.6 is 0 Å². The van der Waals surface area contributed by atoms with Gasteiger partial charge in [0.2, 0.25) is 0 Å². The fourth-order valence-corrected chi connectivity index (χ4v) is 0.407. The van der Waals surface area contributed by atoms with Gasteiger partial charge in [0.05, 0.1) is 13.2 Å². The minimum atomic E-state index is 0.727. The van der Waals surface area contributed by atoms with Crippen molar-refractivity contribution < 1.29 is 14.2 Å². The highest BCUT2D eigenvalue weighted by atomic mass is 16.5. The molecule has 0 aromatic heterocycles. The highest BCUT2D eigenvalue weighted by molar-refractivity contribution is 4.24. The molecule has 11 heavy (non-hydrogen) atoms. The lowest BCUT2D eigenvalue weighted by molar-refractivity contribution is 0.0584. The Bertz CT molecular complexity index is 42.6. The fourth-order valence-electron chi connectivity index (χ4n) is 0.407. The van der Waals surface area contributed by atoms with E-state index in [0.29, 0.717) is 0 Å². The van der Waals surface area contributed by atoms with Crippen LogP contribution in [-0.4, -0.2) is 40.6 Å². The summed E-state index contributed by atoms with van der Waals surface area (Å²) in [6, 6.07) is 0. The zero-order valence-electron chi connectivity index (χ0n) is 8.05. The van der Waals surface area contributed by atoms with E-state index in [1.54, 1.807) is 14.2 Å². The van der Waals surface area contributed by atoms with E-state index in [9.17, 15) is 0 Å². The van der Waals surface area contributed by atoms with Gasteiger partial charge in [0, 0.05) is 27.4 Å². The predicted molar refractivity (Wildman–Crippen MR) is 45.9 cm³/mol. The second-order valence-electron chi connectivity index (χ2n) is 1.80. The number of ether oxygens (including phenoxy) is 3. The minimum Gasteiger partial charge on any atom is -0.388 e. The number of hydrogen-bond donors (Lipinski definition) is 0. The van der Waals surface area contributed by atoms with Crippen molar-refractivity contribution in [1.29, 1.82) is 0 Å². The van der Waals surface area contributed by atoms with Gasteiger partial charge in [-0.1, -0.05) is 0 Å². The van der Waals surface area contributed by atoms with Crippen LogP contribution in [0.1, 0.15) is 13.8 Å². The Hall–Kier alpha value is -0.120. The molecule has 0 aromatic rings. The highest BCUT2D eigenvalue weighted by Crippen LogP contribution is 1.75. The Kier molecular flexibility index (Phi) is 20.2. The van der Waals surface area contributed by atoms with E-state index in [2.05, 4.69) is 4.74 Å². The average molecular weight is 164 g/mol. The van der Waals surface area contributed by atoms with Gasteiger partial charge in [-0.2, -0.15) is 0 Å². The third kappa shape index (κ3) is 25.8. The van der Waals surface area contributed by atoms with Gasteiger partial charge in [0.1, 0.15) is 0 Å². The molecular weight excluding hydrogens is 144 g/mol. The van der Waals surface area contributed by atoms with Crippen molar-refractivity contribution >= 4 is 0 Å². The summed E-state index contributed by atoms with van der Waals surface area (Å²) in [5.41, 5.74) is 0. The third-order valence-corrected chi connectivity index (χ3v) is 0.780. The molecule has 0 saturated heterocycles. The van der Waals surface area contributed by atoms with Gasteiger partial charge in [0.15, 0.2) is 0 Å². The van der Waals surface area contributed by atoms with Crippen LogP contribution in [0.5, 0.6) is 0 Å². The van der Waals surface area contributed by atoms with E-state index < -0.39 is 0 Å². The Morgan fingerprint density at radius 1 is 0.818 bits per heavy atom. The van der Waals surface area contributed by atoms with Crippen LogP contribution in [-0.2, 0) is 14.2 Å². The molecule has 0 heterocycles. The van der Waals surface area contributed by atoms with Crippen LogP contribution in [0.2, 0.25) is 0 Å². The maximum absolute atomic E-state index is 5.01. The molecule has 3 nitrogen and oxygen atoms in total. The maximum Gasteiger partial charge on any atom is 0.0700 e. The molecule has 0 N–H and O–H groups in total. The standard InChI is InChI=1S/C6H14O2.C2H6O/c1-3-7-5-6-8-4-2;1-3-2/h3-6H2,1-2H3;1-2H3. The number of hydrogen-bond acceptors (Lipinski definition) is 3. The summed E-state index contributed by atoms with van der Waals surface area (Å²) in [5, 5.41) is 0. The first-order chi connectivity index (χ1) is 5.33. The molecule has 3 heteroatoms. The summed E-state index contributed by atoms with van der Waals surface area (Å²) >= 11 is 0. The van der Waals surface area contributed by atoms with E-state index in [1.165, 1.54) is 0 Å². The average Bonchev–Trinajstić information content (AvgIpc) is 2.00. The van der Waals surface area contributed by atoms with Crippen LogP contribution in [0.15, 0.2) is 0 Å². The van der Waals surface area contributed by atoms with Crippen molar-refractivity contribution in [2.45, 2.75) is 13.8 Å². The fraction of sp³-hybridized carbons (Fsp3) is 1.00. The van der Waals surface area contributed by atoms with E-state index in [4.69, 9.17) is 9.47 Å². The summed E-state index contributed by atoms with van der Waals surface area (Å²) in [7, 11) is 3.25. The predicted octanol–water partition coefficient (Wildman–Crippen LogP) is 1.32. The lowest BCUT2D eigenvalue weighted by atomic mass is 10.7. The summed E-state index contributed by atoms with van der Waals surface area (Å²) in [5.74, 6) is 0. The Labute approximate surface area is 69.6 Å². The molecule has 0 radical (unpaired) electrons. The van der Waals surface area contributed by atoms with Gasteiger partial charge in [0.25, 0.3) is 0 Å². The molecule has 0 aliphatic heterocycles. The molecule has 0 amide bonds. The zero-order chi connectivity index (χ0) is 8.95. The molecule has 0 aliphatic rings. The summed E-state index contributed by atoms with van der Waals surface area (Å²) in [4.78, 5) is 0. The Balaban J connectivity index is 0. The van der Waals surface area contributed by atoms with Gasteiger partial charge in [-0.25, -0.2) is 0 Å². The zero-order valence-corrected chi connectivity index (χ0v) is 8.05. The molecule has 70 valence electrons. The van der Waals surface area contributed by atoms with Gasteiger partial charge < -0.3 is 14.2 Å². The van der Waals surface area contributed by atoms with Crippen LogP contribution in [0.25, 0.3) is 0 Å². The highest BCUT2D eigenvalue weighted by Gasteiger charge is 1.81. The monoisotopic (exact) mass is 164 g/mol. The van der Waals surface area contributed by atoms with Crippen LogP contribution in [0, 0.1) is 0 Å². The van der Waals surface area contributed by atoms with Crippen molar-refractivity contribution in [2.75, 3.05) is 40.6 Å². The summed E-state index contributed by atoms with van der Waals surface area (Å²) < 4.78 is 14.3. The van der Waals surface area contributed by atoms with Gasteiger partial charge in [-0.05, 0) is 13.8 Å². The largest absolute Gasteiger partial charge is 0.388 e. The molecule has 0 bridgehead atoms. The SMILES string of the molecule is CCOCCOCC.COC. The second-order valence-corrected chi connectivity index (χ2v) is 1.80. The van der Waals surface area contributed by atoms with E-state index in [-0.39, 0.29) is 0 Å². The lowest BCUT2D eigenvalue weighted by Gasteiger charge is -1.99. The maximum atomic E-state index is 5.01. The van der Waals surface area contributed by atoms with Crippen molar-refractivity contribution in [3.8, 4) is 0 Å². The first-order valence-electron chi connectivity index (χ1n) is 3.89. The molecule has 0 aromatic carbocycles. The van der Waals surface area contributed by atoms with Crippen molar-refractivity contribution in [1.82, 2.24) is 0 Å². The number of methoxy groups -OCH3 is 1. The quantitative estimate of drug-likeness (QED) is 0.574. The van der Waals surface area contributed by atoms with Gasteiger partial charge >= 0.3 is 0 Å².